The molecule has 3 rings (SSSR count). The molecule has 2 aromatic rings. The van der Waals surface area contributed by atoms with Crippen LogP contribution in [0.4, 0.5) is 19.0 Å². The van der Waals surface area contributed by atoms with Crippen molar-refractivity contribution in [2.75, 3.05) is 31.1 Å². The third-order valence-electron chi connectivity index (χ3n) is 4.89. The molecule has 1 unspecified atom stereocenters. The summed E-state index contributed by atoms with van der Waals surface area (Å²) in [4.78, 5) is 3.65. The number of piperazine rings is 1. The van der Waals surface area contributed by atoms with Gasteiger partial charge in [-0.15, -0.1) is 10.2 Å². The molecular formula is C21H27F3N4O2. The zero-order chi connectivity index (χ0) is 22.1. The Hall–Kier alpha value is -2.23. The first-order chi connectivity index (χ1) is 14.0. The average molecular weight is 424 g/mol. The molecule has 1 aliphatic heterocycles. The largest absolute Gasteiger partial charge is 0.435 e. The maximum absolute atomic E-state index is 13.6. The number of hydrogen-bond acceptors (Lipinski definition) is 6. The molecule has 30 heavy (non-hydrogen) atoms. The second kappa shape index (κ2) is 8.49. The molecule has 2 heterocycles. The molecule has 0 bridgehead atoms. The Labute approximate surface area is 174 Å². The monoisotopic (exact) mass is 424 g/mol. The molecule has 1 aromatic heterocycles. The van der Waals surface area contributed by atoms with Crippen molar-refractivity contribution in [1.82, 2.24) is 15.1 Å². The lowest BCUT2D eigenvalue weighted by Crippen LogP contribution is -2.52. The number of anilines is 1. The summed E-state index contributed by atoms with van der Waals surface area (Å²) in [5, 5.41) is 17.6. The van der Waals surface area contributed by atoms with Crippen LogP contribution in [0.3, 0.4) is 0 Å². The van der Waals surface area contributed by atoms with Gasteiger partial charge < -0.3 is 14.7 Å². The molecule has 1 saturated heterocycles. The highest BCUT2D eigenvalue weighted by atomic mass is 19.4. The van der Waals surface area contributed by atoms with Gasteiger partial charge in [0, 0.05) is 31.7 Å². The number of hydrogen-bond donors (Lipinski definition) is 1. The van der Waals surface area contributed by atoms with Gasteiger partial charge in [0.1, 0.15) is 0 Å². The van der Waals surface area contributed by atoms with Gasteiger partial charge in [-0.1, -0.05) is 24.3 Å². The fourth-order valence-corrected chi connectivity index (χ4v) is 3.39. The van der Waals surface area contributed by atoms with Gasteiger partial charge in [-0.25, -0.2) is 0 Å². The Morgan fingerprint density at radius 3 is 2.20 bits per heavy atom. The second-order valence-electron chi connectivity index (χ2n) is 8.36. The van der Waals surface area contributed by atoms with Crippen LogP contribution < -0.4 is 4.90 Å². The molecule has 0 aliphatic carbocycles. The summed E-state index contributed by atoms with van der Waals surface area (Å²) in [6.45, 7) is 9.28. The molecule has 6 nitrogen and oxygen atoms in total. The van der Waals surface area contributed by atoms with Gasteiger partial charge in [0.05, 0.1) is 5.60 Å². The minimum atomic E-state index is -4.60. The number of nitrogens with zero attached hydrogens (tertiary/aromatic N) is 4. The van der Waals surface area contributed by atoms with E-state index in [-0.39, 0.29) is 5.56 Å². The first-order valence-electron chi connectivity index (χ1n) is 9.81. The zero-order valence-corrected chi connectivity index (χ0v) is 17.6. The van der Waals surface area contributed by atoms with E-state index >= 15 is 0 Å². The number of aryl methyl sites for hydroxylation is 1. The Kier molecular flexibility index (Phi) is 6.35. The van der Waals surface area contributed by atoms with Crippen molar-refractivity contribution < 1.29 is 23.0 Å². The minimum absolute atomic E-state index is 0.0177. The van der Waals surface area contributed by atoms with Gasteiger partial charge in [0.25, 0.3) is 0 Å². The van der Waals surface area contributed by atoms with E-state index in [1.54, 1.807) is 36.1 Å². The summed E-state index contributed by atoms with van der Waals surface area (Å²) < 4.78 is 46.2. The van der Waals surface area contributed by atoms with Crippen molar-refractivity contribution in [2.45, 2.75) is 45.9 Å². The lowest BCUT2D eigenvalue weighted by molar-refractivity contribution is -0.239. The van der Waals surface area contributed by atoms with E-state index in [0.29, 0.717) is 37.6 Å². The molecule has 1 N–H and O–H groups in total. The number of benzene rings is 1. The van der Waals surface area contributed by atoms with Gasteiger partial charge in [-0.2, -0.15) is 13.2 Å². The van der Waals surface area contributed by atoms with Crippen LogP contribution in [0.5, 0.6) is 0 Å². The van der Waals surface area contributed by atoms with Gasteiger partial charge in [0.15, 0.2) is 11.5 Å². The second-order valence-corrected chi connectivity index (χ2v) is 8.36. The summed E-state index contributed by atoms with van der Waals surface area (Å²) in [5.74, 6) is 0.382. The molecule has 1 aliphatic rings. The molecule has 1 atom stereocenters. The normalized spacial score (nSPS) is 17.3. The summed E-state index contributed by atoms with van der Waals surface area (Å²) in [6, 6.07) is 8.37. The lowest BCUT2D eigenvalue weighted by Gasteiger charge is -2.39. The van der Waals surface area contributed by atoms with E-state index < -0.39 is 23.9 Å². The smallest absolute Gasteiger partial charge is 0.356 e. The maximum Gasteiger partial charge on any atom is 0.435 e. The van der Waals surface area contributed by atoms with Crippen molar-refractivity contribution in [3.8, 4) is 11.1 Å². The van der Waals surface area contributed by atoms with Crippen LogP contribution in [-0.2, 0) is 10.9 Å². The Bertz CT molecular complexity index is 875. The first-order valence-corrected chi connectivity index (χ1v) is 9.81. The number of alkyl halides is 3. The van der Waals surface area contributed by atoms with Crippen molar-refractivity contribution in [3.05, 3.63) is 41.6 Å². The third-order valence-corrected chi connectivity index (χ3v) is 4.89. The lowest BCUT2D eigenvalue weighted by atomic mass is 9.99. The number of aliphatic hydroxyl groups is 1. The molecule has 1 fully saturated rings. The van der Waals surface area contributed by atoms with Gasteiger partial charge in [0.2, 0.25) is 6.41 Å². The Morgan fingerprint density at radius 1 is 1.00 bits per heavy atom. The van der Waals surface area contributed by atoms with Crippen LogP contribution >= 0.6 is 0 Å². The molecule has 1 aromatic carbocycles. The van der Waals surface area contributed by atoms with Crippen LogP contribution in [0.2, 0.25) is 0 Å². The van der Waals surface area contributed by atoms with Crippen LogP contribution in [0.15, 0.2) is 30.3 Å². The number of aromatic nitrogens is 2. The van der Waals surface area contributed by atoms with Crippen molar-refractivity contribution in [3.63, 3.8) is 0 Å². The Balaban J connectivity index is 1.83. The SMILES string of the molecule is Cc1ccccc1-c1cc(N2CCN(C(O)OC(C)(C)C)CC2)nnc1C(F)(F)F. The van der Waals surface area contributed by atoms with Gasteiger partial charge in [-0.3, -0.25) is 4.90 Å². The van der Waals surface area contributed by atoms with Crippen LogP contribution in [0, 0.1) is 6.92 Å². The van der Waals surface area contributed by atoms with E-state index in [2.05, 4.69) is 10.2 Å². The maximum atomic E-state index is 13.6. The fourth-order valence-electron chi connectivity index (χ4n) is 3.39. The molecule has 164 valence electrons. The van der Waals surface area contributed by atoms with E-state index in [0.717, 1.165) is 5.56 Å². The van der Waals surface area contributed by atoms with Crippen molar-refractivity contribution >= 4 is 5.82 Å². The minimum Gasteiger partial charge on any atom is -0.356 e. The van der Waals surface area contributed by atoms with Crippen molar-refractivity contribution in [1.29, 1.82) is 0 Å². The highest BCUT2D eigenvalue weighted by molar-refractivity contribution is 5.72. The Morgan fingerprint density at radius 2 is 1.63 bits per heavy atom. The summed E-state index contributed by atoms with van der Waals surface area (Å²) in [7, 11) is 0. The van der Waals surface area contributed by atoms with Crippen LogP contribution in [-0.4, -0.2) is 58.4 Å². The third kappa shape index (κ3) is 5.27. The fraction of sp³-hybridized carbons (Fsp3) is 0.524. The molecular weight excluding hydrogens is 397 g/mol. The number of ether oxygens (including phenoxy) is 1. The topological polar surface area (TPSA) is 61.7 Å². The van der Waals surface area contributed by atoms with Gasteiger partial charge in [-0.05, 0) is 44.9 Å². The predicted molar refractivity (Wildman–Crippen MR) is 108 cm³/mol. The van der Waals surface area contributed by atoms with E-state index in [1.165, 1.54) is 6.07 Å². The molecule has 0 saturated carbocycles. The number of aliphatic hydroxyl groups excluding tert-OH is 1. The van der Waals surface area contributed by atoms with Crippen LogP contribution in [0.25, 0.3) is 11.1 Å². The van der Waals surface area contributed by atoms with E-state index in [9.17, 15) is 18.3 Å². The summed E-state index contributed by atoms with van der Waals surface area (Å²) in [5.41, 5.74) is -0.252. The van der Waals surface area contributed by atoms with Crippen molar-refractivity contribution in [2.24, 2.45) is 0 Å². The van der Waals surface area contributed by atoms with Crippen LogP contribution in [0.1, 0.15) is 32.0 Å². The zero-order valence-electron chi connectivity index (χ0n) is 17.6. The highest BCUT2D eigenvalue weighted by Crippen LogP contribution is 2.37. The predicted octanol–water partition coefficient (Wildman–Crippen LogP) is 3.68. The average Bonchev–Trinajstić information content (AvgIpc) is 2.66. The van der Waals surface area contributed by atoms with E-state index in [4.69, 9.17) is 4.74 Å². The molecule has 0 spiro atoms. The van der Waals surface area contributed by atoms with Gasteiger partial charge >= 0.3 is 6.18 Å². The highest BCUT2D eigenvalue weighted by Gasteiger charge is 2.37. The number of halogens is 3. The summed E-state index contributed by atoms with van der Waals surface area (Å²) in [6.07, 6.45) is -5.63. The van der Waals surface area contributed by atoms with E-state index in [1.807, 2.05) is 25.7 Å². The quantitative estimate of drug-likeness (QED) is 0.756. The standard InChI is InChI=1S/C21H27F3N4O2/c1-14-7-5-6-8-15(14)16-13-17(25-26-18(16)21(22,23)24)27-9-11-28(12-10-27)19(29)30-20(2,3)4/h5-8,13,19,29H,9-12H2,1-4H3. The first kappa shape index (κ1) is 22.5. The number of rotatable bonds is 4. The molecule has 9 heteroatoms. The molecule has 0 amide bonds. The molecule has 0 radical (unpaired) electrons. The summed E-state index contributed by atoms with van der Waals surface area (Å²) >= 11 is 0.